The second-order valence-corrected chi connectivity index (χ2v) is 4.08. The molecule has 0 N–H and O–H groups in total. The van der Waals surface area contributed by atoms with Crippen molar-refractivity contribution in [3.63, 3.8) is 0 Å². The molecule has 0 aromatic heterocycles. The summed E-state index contributed by atoms with van der Waals surface area (Å²) in [5, 5.41) is 0. The lowest BCUT2D eigenvalue weighted by Gasteiger charge is -2.36. The molecule has 1 aliphatic heterocycles. The van der Waals surface area contributed by atoms with E-state index in [0.717, 1.165) is 0 Å². The Morgan fingerprint density at radius 1 is 1.40 bits per heavy atom. The van der Waals surface area contributed by atoms with Gasteiger partial charge in [0.15, 0.2) is 5.79 Å². The van der Waals surface area contributed by atoms with Crippen LogP contribution in [-0.4, -0.2) is 32.1 Å². The average Bonchev–Trinajstić information content (AvgIpc) is 2.66. The van der Waals surface area contributed by atoms with E-state index in [0.29, 0.717) is 25.6 Å². The molecule has 0 bridgehead atoms. The molecule has 84 valence electrons. The Labute approximate surface area is 89.2 Å². The number of allylic oxidation sites excluding steroid dienone is 1. The number of hydrogen-bond donors (Lipinski definition) is 0. The predicted molar refractivity (Wildman–Crippen MR) is 53.1 cm³/mol. The highest BCUT2D eigenvalue weighted by Crippen LogP contribution is 2.39. The largest absolute Gasteiger partial charge is 0.468 e. The van der Waals surface area contributed by atoms with Crippen molar-refractivity contribution < 1.29 is 19.0 Å². The van der Waals surface area contributed by atoms with Crippen molar-refractivity contribution in [3.8, 4) is 0 Å². The molecular weight excluding hydrogens is 196 g/mol. The fourth-order valence-electron chi connectivity index (χ4n) is 2.24. The maximum absolute atomic E-state index is 11.6. The normalized spacial score (nSPS) is 33.2. The lowest BCUT2D eigenvalue weighted by Crippen LogP contribution is -2.46. The predicted octanol–water partition coefficient (Wildman–Crippen LogP) is 1.11. The van der Waals surface area contributed by atoms with E-state index < -0.39 is 11.7 Å². The van der Waals surface area contributed by atoms with Gasteiger partial charge in [-0.2, -0.15) is 0 Å². The first kappa shape index (κ1) is 10.6. The number of ether oxygens (including phenoxy) is 3. The van der Waals surface area contributed by atoms with Crippen LogP contribution in [0.2, 0.25) is 0 Å². The highest BCUT2D eigenvalue weighted by atomic mass is 16.7. The summed E-state index contributed by atoms with van der Waals surface area (Å²) in [5.74, 6) is -1.13. The third-order valence-electron chi connectivity index (χ3n) is 2.94. The van der Waals surface area contributed by atoms with Crippen LogP contribution >= 0.6 is 0 Å². The zero-order valence-electron chi connectivity index (χ0n) is 9.06. The van der Waals surface area contributed by atoms with Gasteiger partial charge in [-0.3, -0.25) is 4.79 Å². The summed E-state index contributed by atoms with van der Waals surface area (Å²) in [5.41, 5.74) is 0. The zero-order chi connectivity index (χ0) is 10.9. The molecule has 1 fully saturated rings. The number of carbonyl (C=O) groups is 1. The molecule has 1 heterocycles. The monoisotopic (exact) mass is 212 g/mol. The molecule has 2 rings (SSSR count). The van der Waals surface area contributed by atoms with Crippen LogP contribution in [-0.2, 0) is 19.0 Å². The molecule has 15 heavy (non-hydrogen) atoms. The quantitative estimate of drug-likeness (QED) is 0.482. The summed E-state index contributed by atoms with van der Waals surface area (Å²) in [4.78, 5) is 11.6. The summed E-state index contributed by atoms with van der Waals surface area (Å²) in [6.45, 7) is 3.18. The Morgan fingerprint density at radius 3 is 2.67 bits per heavy atom. The Kier molecular flexibility index (Phi) is 2.80. The Balaban J connectivity index is 2.25. The van der Waals surface area contributed by atoms with E-state index in [-0.39, 0.29) is 5.97 Å². The fourth-order valence-corrected chi connectivity index (χ4v) is 2.24. The van der Waals surface area contributed by atoms with Gasteiger partial charge < -0.3 is 14.2 Å². The van der Waals surface area contributed by atoms with Gasteiger partial charge in [0, 0.05) is 6.42 Å². The summed E-state index contributed by atoms with van der Waals surface area (Å²) >= 11 is 0. The van der Waals surface area contributed by atoms with Gasteiger partial charge in [0.1, 0.15) is 5.92 Å². The Bertz CT molecular complexity index is 278. The van der Waals surface area contributed by atoms with Crippen molar-refractivity contribution in [3.05, 3.63) is 12.2 Å². The van der Waals surface area contributed by atoms with Crippen molar-refractivity contribution in [1.29, 1.82) is 0 Å². The summed E-state index contributed by atoms with van der Waals surface area (Å²) in [6, 6.07) is 0. The van der Waals surface area contributed by atoms with Crippen LogP contribution in [0.15, 0.2) is 12.2 Å². The molecule has 2 aliphatic rings. The minimum atomic E-state index is -0.777. The van der Waals surface area contributed by atoms with Crippen molar-refractivity contribution in [1.82, 2.24) is 0 Å². The number of carbonyl (C=O) groups excluding carboxylic acids is 1. The number of methoxy groups -OCH3 is 1. The van der Waals surface area contributed by atoms with Crippen molar-refractivity contribution >= 4 is 5.97 Å². The molecule has 1 spiro atoms. The van der Waals surface area contributed by atoms with Crippen LogP contribution in [0.25, 0.3) is 0 Å². The third-order valence-corrected chi connectivity index (χ3v) is 2.94. The van der Waals surface area contributed by atoms with Gasteiger partial charge in [-0.05, 0) is 5.92 Å². The first-order valence-corrected chi connectivity index (χ1v) is 5.22. The maximum atomic E-state index is 11.6. The zero-order valence-corrected chi connectivity index (χ0v) is 9.06. The Hall–Kier alpha value is -0.870. The lowest BCUT2D eigenvalue weighted by molar-refractivity contribution is -0.208. The van der Waals surface area contributed by atoms with E-state index in [1.54, 1.807) is 0 Å². The lowest BCUT2D eigenvalue weighted by atomic mass is 9.83. The molecular formula is C11H16O4. The number of hydrogen-bond acceptors (Lipinski definition) is 4. The first-order valence-electron chi connectivity index (χ1n) is 5.22. The van der Waals surface area contributed by atoms with Crippen LogP contribution in [0.1, 0.15) is 13.3 Å². The molecule has 0 radical (unpaired) electrons. The van der Waals surface area contributed by atoms with Gasteiger partial charge in [0.2, 0.25) is 0 Å². The fraction of sp³-hybridized carbons (Fsp3) is 0.727. The number of rotatable bonds is 1. The van der Waals surface area contributed by atoms with Crippen LogP contribution in [0.4, 0.5) is 0 Å². The highest BCUT2D eigenvalue weighted by molar-refractivity contribution is 5.76. The van der Waals surface area contributed by atoms with E-state index in [1.165, 1.54) is 7.11 Å². The van der Waals surface area contributed by atoms with Gasteiger partial charge in [-0.25, -0.2) is 0 Å². The van der Waals surface area contributed by atoms with Crippen LogP contribution < -0.4 is 0 Å². The molecule has 0 aromatic carbocycles. The molecule has 2 atom stereocenters. The van der Waals surface area contributed by atoms with Crippen molar-refractivity contribution in [2.75, 3.05) is 20.3 Å². The first-order chi connectivity index (χ1) is 7.18. The molecule has 4 heteroatoms. The summed E-state index contributed by atoms with van der Waals surface area (Å²) in [7, 11) is 1.39. The minimum absolute atomic E-state index is 0.292. The standard InChI is InChI=1S/C11H16O4/c1-8-3-4-9(10(12)13-2)11(7-8)14-5-6-15-11/h3-4,8-9H,5-7H2,1-2H3/t8-,9+/m0/s1. The van der Waals surface area contributed by atoms with Crippen LogP contribution in [0.3, 0.4) is 0 Å². The third kappa shape index (κ3) is 1.79. The van der Waals surface area contributed by atoms with Gasteiger partial charge in [0.25, 0.3) is 0 Å². The second-order valence-electron chi connectivity index (χ2n) is 4.08. The molecule has 0 aromatic rings. The second kappa shape index (κ2) is 3.94. The van der Waals surface area contributed by atoms with Crippen molar-refractivity contribution in [2.45, 2.75) is 19.1 Å². The minimum Gasteiger partial charge on any atom is -0.468 e. The van der Waals surface area contributed by atoms with Crippen molar-refractivity contribution in [2.24, 2.45) is 11.8 Å². The Morgan fingerprint density at radius 2 is 2.07 bits per heavy atom. The molecule has 0 amide bonds. The van der Waals surface area contributed by atoms with E-state index >= 15 is 0 Å². The topological polar surface area (TPSA) is 44.8 Å². The van der Waals surface area contributed by atoms with Gasteiger partial charge in [-0.1, -0.05) is 19.1 Å². The smallest absolute Gasteiger partial charge is 0.318 e. The van der Waals surface area contributed by atoms with Gasteiger partial charge in [-0.15, -0.1) is 0 Å². The summed E-state index contributed by atoms with van der Waals surface area (Å²) < 4.78 is 16.0. The average molecular weight is 212 g/mol. The van der Waals surface area contributed by atoms with Crippen LogP contribution in [0.5, 0.6) is 0 Å². The van der Waals surface area contributed by atoms with Gasteiger partial charge in [0.05, 0.1) is 20.3 Å². The number of esters is 1. The van der Waals surface area contributed by atoms with E-state index in [1.807, 2.05) is 12.2 Å². The van der Waals surface area contributed by atoms with E-state index in [4.69, 9.17) is 14.2 Å². The highest BCUT2D eigenvalue weighted by Gasteiger charge is 2.49. The van der Waals surface area contributed by atoms with E-state index in [2.05, 4.69) is 6.92 Å². The molecule has 1 aliphatic carbocycles. The molecule has 0 unspecified atom stereocenters. The molecule has 4 nitrogen and oxygen atoms in total. The van der Waals surface area contributed by atoms with Crippen LogP contribution in [0, 0.1) is 11.8 Å². The van der Waals surface area contributed by atoms with E-state index in [9.17, 15) is 4.79 Å². The van der Waals surface area contributed by atoms with Gasteiger partial charge >= 0.3 is 5.97 Å². The molecule has 1 saturated heterocycles. The molecule has 0 saturated carbocycles. The SMILES string of the molecule is COC(=O)[C@H]1C=C[C@H](C)CC12OCCO2. The maximum Gasteiger partial charge on any atom is 0.318 e. The summed E-state index contributed by atoms with van der Waals surface area (Å²) in [6.07, 6.45) is 4.56.